The zero-order valence-corrected chi connectivity index (χ0v) is 14.0. The van der Waals surface area contributed by atoms with Crippen LogP contribution in [0.5, 0.6) is 0 Å². The number of aliphatic imine (C=N–C) groups is 1. The van der Waals surface area contributed by atoms with Crippen LogP contribution in [0.3, 0.4) is 0 Å². The monoisotopic (exact) mass is 310 g/mol. The van der Waals surface area contributed by atoms with Crippen LogP contribution in [-0.2, 0) is 13.1 Å². The predicted octanol–water partition coefficient (Wildman–Crippen LogP) is 3.46. The highest BCUT2D eigenvalue weighted by molar-refractivity contribution is 5.92. The maximum atomic E-state index is 5.92. The smallest absolute Gasteiger partial charge is 0.193 e. The number of hydrogen-bond donors (Lipinski definition) is 2. The Kier molecular flexibility index (Phi) is 6.63. The van der Waals surface area contributed by atoms with Crippen molar-refractivity contribution in [2.45, 2.75) is 26.9 Å². The lowest BCUT2D eigenvalue weighted by atomic mass is 10.1. The molecule has 0 spiro atoms. The van der Waals surface area contributed by atoms with E-state index in [1.54, 1.807) is 0 Å². The minimum Gasteiger partial charge on any atom is -0.370 e. The first-order valence-corrected chi connectivity index (χ1v) is 8.13. The van der Waals surface area contributed by atoms with Gasteiger partial charge in [0.15, 0.2) is 5.96 Å². The molecule has 0 heterocycles. The van der Waals surface area contributed by atoms with Gasteiger partial charge in [-0.1, -0.05) is 56.3 Å². The van der Waals surface area contributed by atoms with Crippen LogP contribution in [0.1, 0.15) is 25.0 Å². The second-order valence-electron chi connectivity index (χ2n) is 5.47. The van der Waals surface area contributed by atoms with E-state index < -0.39 is 0 Å². The van der Waals surface area contributed by atoms with Crippen LogP contribution in [0.15, 0.2) is 59.6 Å². The molecule has 0 bridgehead atoms. The number of nitrogens with one attached hydrogen (secondary N) is 1. The number of anilines is 1. The highest BCUT2D eigenvalue weighted by Crippen LogP contribution is 2.09. The molecule has 0 fully saturated rings. The molecule has 0 saturated carbocycles. The Bertz CT molecular complexity index is 601. The van der Waals surface area contributed by atoms with Gasteiger partial charge in [0.1, 0.15) is 0 Å². The van der Waals surface area contributed by atoms with Crippen LogP contribution >= 0.6 is 0 Å². The number of para-hydroxylation sites is 1. The Morgan fingerprint density at radius 3 is 2.17 bits per heavy atom. The van der Waals surface area contributed by atoms with Crippen molar-refractivity contribution in [3.63, 3.8) is 0 Å². The van der Waals surface area contributed by atoms with Crippen LogP contribution in [0, 0.1) is 0 Å². The summed E-state index contributed by atoms with van der Waals surface area (Å²) in [6.07, 6.45) is 0. The molecule has 122 valence electrons. The third-order valence-corrected chi connectivity index (χ3v) is 3.80. The molecule has 0 aliphatic heterocycles. The zero-order valence-electron chi connectivity index (χ0n) is 14.0. The van der Waals surface area contributed by atoms with Gasteiger partial charge in [0, 0.05) is 12.2 Å². The summed E-state index contributed by atoms with van der Waals surface area (Å²) in [5, 5.41) is 3.09. The van der Waals surface area contributed by atoms with Gasteiger partial charge in [-0.05, 0) is 36.3 Å². The Hall–Kier alpha value is -2.33. The topological polar surface area (TPSA) is 53.6 Å². The van der Waals surface area contributed by atoms with Crippen molar-refractivity contribution in [3.8, 4) is 0 Å². The van der Waals surface area contributed by atoms with Gasteiger partial charge in [0.25, 0.3) is 0 Å². The second-order valence-corrected chi connectivity index (χ2v) is 5.47. The average Bonchev–Trinajstić information content (AvgIpc) is 2.60. The van der Waals surface area contributed by atoms with E-state index >= 15 is 0 Å². The molecular formula is C19H26N4. The number of hydrogen-bond acceptors (Lipinski definition) is 2. The molecule has 0 amide bonds. The first-order chi connectivity index (χ1) is 11.2. The lowest BCUT2D eigenvalue weighted by Gasteiger charge is -2.17. The Labute approximate surface area is 139 Å². The van der Waals surface area contributed by atoms with Crippen molar-refractivity contribution >= 4 is 11.6 Å². The molecule has 3 N–H and O–H groups in total. The first kappa shape index (κ1) is 17.0. The van der Waals surface area contributed by atoms with Crippen LogP contribution in [0.2, 0.25) is 0 Å². The van der Waals surface area contributed by atoms with Crippen LogP contribution in [0.25, 0.3) is 0 Å². The van der Waals surface area contributed by atoms with Gasteiger partial charge in [-0.2, -0.15) is 0 Å². The summed E-state index contributed by atoms with van der Waals surface area (Å²) >= 11 is 0. The molecule has 0 radical (unpaired) electrons. The summed E-state index contributed by atoms with van der Waals surface area (Å²) in [5.41, 5.74) is 9.35. The largest absolute Gasteiger partial charge is 0.370 e. The molecule has 2 rings (SSSR count). The van der Waals surface area contributed by atoms with Crippen molar-refractivity contribution in [2.75, 3.05) is 18.4 Å². The Balaban J connectivity index is 1.89. The van der Waals surface area contributed by atoms with Crippen LogP contribution in [0.4, 0.5) is 5.69 Å². The highest BCUT2D eigenvalue weighted by Gasteiger charge is 2.01. The van der Waals surface area contributed by atoms with Crippen LogP contribution in [-0.4, -0.2) is 23.9 Å². The third-order valence-electron chi connectivity index (χ3n) is 3.80. The first-order valence-electron chi connectivity index (χ1n) is 8.13. The predicted molar refractivity (Wildman–Crippen MR) is 98.5 cm³/mol. The average molecular weight is 310 g/mol. The minimum absolute atomic E-state index is 0.434. The van der Waals surface area contributed by atoms with Crippen LogP contribution < -0.4 is 11.1 Å². The van der Waals surface area contributed by atoms with Gasteiger partial charge in [-0.25, -0.2) is 4.99 Å². The molecule has 0 aliphatic rings. The van der Waals surface area contributed by atoms with Gasteiger partial charge in [-0.3, -0.25) is 4.90 Å². The van der Waals surface area contributed by atoms with Crippen molar-refractivity contribution in [3.05, 3.63) is 65.7 Å². The van der Waals surface area contributed by atoms with Crippen molar-refractivity contribution < 1.29 is 0 Å². The van der Waals surface area contributed by atoms with Gasteiger partial charge in [-0.15, -0.1) is 0 Å². The van der Waals surface area contributed by atoms with Gasteiger partial charge in [0.05, 0.1) is 6.54 Å². The summed E-state index contributed by atoms with van der Waals surface area (Å²) in [4.78, 5) is 6.78. The fourth-order valence-electron chi connectivity index (χ4n) is 2.34. The normalized spacial score (nSPS) is 11.7. The molecule has 0 aliphatic carbocycles. The highest BCUT2D eigenvalue weighted by atomic mass is 15.1. The van der Waals surface area contributed by atoms with E-state index in [1.165, 1.54) is 5.56 Å². The molecule has 4 nitrogen and oxygen atoms in total. The molecule has 0 unspecified atom stereocenters. The van der Waals surface area contributed by atoms with E-state index in [9.17, 15) is 0 Å². The Morgan fingerprint density at radius 2 is 1.57 bits per heavy atom. The molecule has 0 saturated heterocycles. The van der Waals surface area contributed by atoms with E-state index in [0.717, 1.165) is 30.9 Å². The van der Waals surface area contributed by atoms with Crippen molar-refractivity contribution in [1.29, 1.82) is 0 Å². The molecular weight excluding hydrogens is 284 g/mol. The molecule has 4 heteroatoms. The fraction of sp³-hybridized carbons (Fsp3) is 0.316. The SMILES string of the molecule is CCN(CC)Cc1ccc(CN=C(N)Nc2ccccc2)cc1. The standard InChI is InChI=1S/C19H26N4/c1-3-23(4-2)15-17-12-10-16(11-13-17)14-21-19(20)22-18-8-6-5-7-9-18/h5-13H,3-4,14-15H2,1-2H3,(H3,20,21,22). The molecule has 2 aromatic rings. The van der Waals surface area contributed by atoms with Crippen molar-refractivity contribution in [2.24, 2.45) is 10.7 Å². The number of benzene rings is 2. The zero-order chi connectivity index (χ0) is 16.5. The van der Waals surface area contributed by atoms with E-state index in [0.29, 0.717) is 12.5 Å². The summed E-state index contributed by atoms with van der Waals surface area (Å²) < 4.78 is 0. The summed E-state index contributed by atoms with van der Waals surface area (Å²) in [5.74, 6) is 0.434. The number of guanidine groups is 1. The second kappa shape index (κ2) is 8.96. The van der Waals surface area contributed by atoms with Gasteiger partial charge < -0.3 is 11.1 Å². The van der Waals surface area contributed by atoms with E-state index in [-0.39, 0.29) is 0 Å². The molecule has 2 aromatic carbocycles. The Morgan fingerprint density at radius 1 is 0.957 bits per heavy atom. The number of rotatable bonds is 7. The maximum absolute atomic E-state index is 5.92. The summed E-state index contributed by atoms with van der Waals surface area (Å²) in [7, 11) is 0. The van der Waals surface area contributed by atoms with Crippen molar-refractivity contribution in [1.82, 2.24) is 4.90 Å². The maximum Gasteiger partial charge on any atom is 0.193 e. The summed E-state index contributed by atoms with van der Waals surface area (Å²) in [6.45, 7) is 8.10. The quantitative estimate of drug-likeness (QED) is 0.608. The number of nitrogens with two attached hydrogens (primary N) is 1. The lowest BCUT2D eigenvalue weighted by Crippen LogP contribution is -2.22. The molecule has 0 aromatic heterocycles. The van der Waals surface area contributed by atoms with Gasteiger partial charge in [0.2, 0.25) is 0 Å². The van der Waals surface area contributed by atoms with E-state index in [1.807, 2.05) is 30.3 Å². The number of nitrogens with zero attached hydrogens (tertiary/aromatic N) is 2. The van der Waals surface area contributed by atoms with E-state index in [2.05, 4.69) is 53.3 Å². The van der Waals surface area contributed by atoms with Gasteiger partial charge >= 0.3 is 0 Å². The van der Waals surface area contributed by atoms with E-state index in [4.69, 9.17) is 5.73 Å². The lowest BCUT2D eigenvalue weighted by molar-refractivity contribution is 0.296. The minimum atomic E-state index is 0.434. The summed E-state index contributed by atoms with van der Waals surface area (Å²) in [6, 6.07) is 18.4. The third kappa shape index (κ3) is 5.75. The fourth-order valence-corrected chi connectivity index (χ4v) is 2.34. The molecule has 23 heavy (non-hydrogen) atoms. The molecule has 0 atom stereocenters.